The molecule has 1 heterocycles. The van der Waals surface area contributed by atoms with Gasteiger partial charge in [0.15, 0.2) is 0 Å². The number of nitrogens with zero attached hydrogens (tertiary/aromatic N) is 1. The Morgan fingerprint density at radius 3 is 2.65 bits per heavy atom. The molecule has 0 bridgehead atoms. The second kappa shape index (κ2) is 4.22. The lowest BCUT2D eigenvalue weighted by atomic mass is 9.98. The third kappa shape index (κ3) is 2.00. The van der Waals surface area contributed by atoms with Crippen molar-refractivity contribution in [3.05, 3.63) is 22.7 Å². The van der Waals surface area contributed by atoms with Crippen molar-refractivity contribution in [2.24, 2.45) is 5.92 Å². The molecule has 4 heteroatoms. The first-order chi connectivity index (χ1) is 7.91. The minimum atomic E-state index is -0.176. The average Bonchev–Trinajstić information content (AvgIpc) is 2.21. The molecule has 0 aliphatic carbocycles. The first-order valence-corrected chi connectivity index (χ1v) is 6.14. The van der Waals surface area contributed by atoms with Crippen LogP contribution in [0.15, 0.2) is 12.1 Å². The van der Waals surface area contributed by atoms with Crippen LogP contribution in [0.5, 0.6) is 0 Å². The number of hydrogen-bond donors (Lipinski definition) is 1. The molecule has 1 aliphatic rings. The summed E-state index contributed by atoms with van der Waals surface area (Å²) < 4.78 is 0. The van der Waals surface area contributed by atoms with Gasteiger partial charge in [-0.25, -0.2) is 0 Å². The van der Waals surface area contributed by atoms with E-state index in [0.29, 0.717) is 5.02 Å². The smallest absolute Gasteiger partial charge is 0.249 e. The Labute approximate surface area is 107 Å². The van der Waals surface area contributed by atoms with Crippen LogP contribution in [0, 0.1) is 12.8 Å². The number of carbonyl (C=O) groups excluding carboxylic acids is 1. The number of aryl methyl sites for hydroxylation is 1. The van der Waals surface area contributed by atoms with Gasteiger partial charge >= 0.3 is 0 Å². The van der Waals surface area contributed by atoms with Crippen molar-refractivity contribution in [2.45, 2.75) is 26.8 Å². The topological polar surface area (TPSA) is 32.3 Å². The Balaban J connectivity index is 2.53. The van der Waals surface area contributed by atoms with Crippen LogP contribution in [0.25, 0.3) is 0 Å². The molecule has 1 unspecified atom stereocenters. The first-order valence-electron chi connectivity index (χ1n) is 5.76. The van der Waals surface area contributed by atoms with Gasteiger partial charge < -0.3 is 10.2 Å². The van der Waals surface area contributed by atoms with E-state index in [4.69, 9.17) is 11.6 Å². The van der Waals surface area contributed by atoms with Crippen LogP contribution in [0.2, 0.25) is 5.02 Å². The molecule has 1 aromatic carbocycles. The fraction of sp³-hybridized carbons (Fsp3) is 0.462. The van der Waals surface area contributed by atoms with Crippen molar-refractivity contribution >= 4 is 28.9 Å². The van der Waals surface area contributed by atoms with Crippen LogP contribution >= 0.6 is 11.6 Å². The molecule has 1 N–H and O–H groups in total. The van der Waals surface area contributed by atoms with Crippen molar-refractivity contribution < 1.29 is 4.79 Å². The zero-order valence-corrected chi connectivity index (χ0v) is 11.3. The predicted molar refractivity (Wildman–Crippen MR) is 71.8 cm³/mol. The Hall–Kier alpha value is -1.22. The molecule has 0 fully saturated rings. The van der Waals surface area contributed by atoms with E-state index in [0.717, 1.165) is 16.9 Å². The van der Waals surface area contributed by atoms with Crippen molar-refractivity contribution in [1.29, 1.82) is 0 Å². The third-order valence-electron chi connectivity index (χ3n) is 3.17. The monoisotopic (exact) mass is 252 g/mol. The molecule has 1 aromatic rings. The number of fused-ring (bicyclic) bond motifs is 1. The summed E-state index contributed by atoms with van der Waals surface area (Å²) in [5.74, 6) is 0.357. The van der Waals surface area contributed by atoms with E-state index >= 15 is 0 Å². The highest BCUT2D eigenvalue weighted by molar-refractivity contribution is 6.31. The predicted octanol–water partition coefficient (Wildman–Crippen LogP) is 3.06. The minimum absolute atomic E-state index is 0.109. The molecular weight excluding hydrogens is 236 g/mol. The Kier molecular flexibility index (Phi) is 3.04. The standard InChI is InChI=1S/C13H17ClN2O/c1-7(2)11-13(17)16(4)12-8(3)5-9(14)6-10(12)15-11/h5-7,11,15H,1-4H3. The largest absolute Gasteiger partial charge is 0.372 e. The summed E-state index contributed by atoms with van der Waals surface area (Å²) in [4.78, 5) is 13.9. The Bertz CT molecular complexity index is 471. The van der Waals surface area contributed by atoms with Gasteiger partial charge in [-0.05, 0) is 30.5 Å². The first kappa shape index (κ1) is 12.2. The van der Waals surface area contributed by atoms with Crippen LogP contribution in [-0.2, 0) is 4.79 Å². The molecule has 1 amide bonds. The lowest BCUT2D eigenvalue weighted by Crippen LogP contribution is -2.48. The summed E-state index contributed by atoms with van der Waals surface area (Å²) in [5.41, 5.74) is 2.88. The van der Waals surface area contributed by atoms with Gasteiger partial charge in [-0.1, -0.05) is 25.4 Å². The van der Waals surface area contributed by atoms with Crippen LogP contribution in [0.1, 0.15) is 19.4 Å². The molecule has 0 spiro atoms. The highest BCUT2D eigenvalue weighted by Gasteiger charge is 2.33. The maximum atomic E-state index is 12.2. The maximum Gasteiger partial charge on any atom is 0.249 e. The van der Waals surface area contributed by atoms with Gasteiger partial charge in [0.1, 0.15) is 6.04 Å². The van der Waals surface area contributed by atoms with Crippen molar-refractivity contribution in [2.75, 3.05) is 17.3 Å². The Morgan fingerprint density at radius 2 is 2.06 bits per heavy atom. The van der Waals surface area contributed by atoms with Gasteiger partial charge in [0, 0.05) is 12.1 Å². The highest BCUT2D eigenvalue weighted by atomic mass is 35.5. The summed E-state index contributed by atoms with van der Waals surface area (Å²) in [6.45, 7) is 6.03. The number of nitrogens with one attached hydrogen (secondary N) is 1. The Morgan fingerprint density at radius 1 is 1.41 bits per heavy atom. The molecule has 0 saturated heterocycles. The van der Waals surface area contributed by atoms with Crippen LogP contribution < -0.4 is 10.2 Å². The lowest BCUT2D eigenvalue weighted by molar-refractivity contribution is -0.120. The summed E-state index contributed by atoms with van der Waals surface area (Å²) in [5, 5.41) is 3.98. The molecular formula is C13H17ClN2O. The number of amides is 1. The van der Waals surface area contributed by atoms with E-state index < -0.39 is 0 Å². The third-order valence-corrected chi connectivity index (χ3v) is 3.39. The molecule has 17 heavy (non-hydrogen) atoms. The van der Waals surface area contributed by atoms with E-state index in [9.17, 15) is 4.79 Å². The van der Waals surface area contributed by atoms with Crippen LogP contribution in [-0.4, -0.2) is 19.0 Å². The normalized spacial score (nSPS) is 19.3. The van der Waals surface area contributed by atoms with Crippen LogP contribution in [0.4, 0.5) is 11.4 Å². The molecule has 92 valence electrons. The number of likely N-dealkylation sites (N-methyl/N-ethyl adjacent to an activating group) is 1. The van der Waals surface area contributed by atoms with Crippen molar-refractivity contribution in [3.63, 3.8) is 0 Å². The van der Waals surface area contributed by atoms with E-state index in [2.05, 4.69) is 5.32 Å². The van der Waals surface area contributed by atoms with E-state index in [1.807, 2.05) is 40.0 Å². The molecule has 3 nitrogen and oxygen atoms in total. The molecule has 0 aromatic heterocycles. The van der Waals surface area contributed by atoms with Gasteiger partial charge in [0.25, 0.3) is 0 Å². The molecule has 0 saturated carbocycles. The molecule has 2 rings (SSSR count). The van der Waals surface area contributed by atoms with E-state index in [1.54, 1.807) is 4.90 Å². The molecule has 1 aliphatic heterocycles. The van der Waals surface area contributed by atoms with E-state index in [1.165, 1.54) is 0 Å². The number of anilines is 2. The average molecular weight is 253 g/mol. The SMILES string of the molecule is Cc1cc(Cl)cc2c1N(C)C(=O)C(C(C)C)N2. The second-order valence-corrected chi connectivity index (χ2v) is 5.32. The second-order valence-electron chi connectivity index (χ2n) is 4.88. The number of carbonyl (C=O) groups is 1. The maximum absolute atomic E-state index is 12.2. The van der Waals surface area contributed by atoms with Gasteiger partial charge in [0.2, 0.25) is 5.91 Å². The van der Waals surface area contributed by atoms with Gasteiger partial charge in [-0.3, -0.25) is 4.79 Å². The quantitative estimate of drug-likeness (QED) is 0.833. The van der Waals surface area contributed by atoms with Crippen molar-refractivity contribution in [1.82, 2.24) is 0 Å². The van der Waals surface area contributed by atoms with Crippen LogP contribution in [0.3, 0.4) is 0 Å². The number of benzene rings is 1. The summed E-state index contributed by atoms with van der Waals surface area (Å²) in [7, 11) is 1.82. The van der Waals surface area contributed by atoms with Gasteiger partial charge in [-0.15, -0.1) is 0 Å². The zero-order chi connectivity index (χ0) is 12.7. The summed E-state index contributed by atoms with van der Waals surface area (Å²) >= 11 is 6.05. The fourth-order valence-corrected chi connectivity index (χ4v) is 2.56. The van der Waals surface area contributed by atoms with E-state index in [-0.39, 0.29) is 17.9 Å². The highest BCUT2D eigenvalue weighted by Crippen LogP contribution is 2.37. The molecule has 0 radical (unpaired) electrons. The summed E-state index contributed by atoms with van der Waals surface area (Å²) in [6.07, 6.45) is 0. The number of hydrogen-bond acceptors (Lipinski definition) is 2. The molecule has 1 atom stereocenters. The zero-order valence-electron chi connectivity index (χ0n) is 10.5. The fourth-order valence-electron chi connectivity index (χ4n) is 2.29. The lowest BCUT2D eigenvalue weighted by Gasteiger charge is -2.36. The van der Waals surface area contributed by atoms with Gasteiger partial charge in [-0.2, -0.15) is 0 Å². The van der Waals surface area contributed by atoms with Crippen molar-refractivity contribution in [3.8, 4) is 0 Å². The number of rotatable bonds is 1. The number of halogens is 1. The van der Waals surface area contributed by atoms with Gasteiger partial charge in [0.05, 0.1) is 11.4 Å². The minimum Gasteiger partial charge on any atom is -0.372 e. The summed E-state index contributed by atoms with van der Waals surface area (Å²) in [6, 6.07) is 3.58.